The van der Waals surface area contributed by atoms with Crippen LogP contribution in [0.2, 0.25) is 0 Å². The fourth-order valence-corrected chi connectivity index (χ4v) is 2.25. The van der Waals surface area contributed by atoms with Gasteiger partial charge < -0.3 is 10.1 Å². The normalized spacial score (nSPS) is 12.1. The van der Waals surface area contributed by atoms with Crippen molar-refractivity contribution < 1.29 is 22.7 Å². The molecule has 0 aliphatic carbocycles. The van der Waals surface area contributed by atoms with E-state index < -0.39 is 17.7 Å². The summed E-state index contributed by atoms with van der Waals surface area (Å²) in [5, 5.41) is 2.56. The van der Waals surface area contributed by atoms with Crippen molar-refractivity contribution in [3.63, 3.8) is 0 Å². The van der Waals surface area contributed by atoms with Gasteiger partial charge in [0.25, 0.3) is 0 Å². The van der Waals surface area contributed by atoms with Crippen molar-refractivity contribution in [1.29, 1.82) is 0 Å². The van der Waals surface area contributed by atoms with Gasteiger partial charge in [-0.05, 0) is 56.8 Å². The molecular weight excluding hydrogens is 345 g/mol. The average Bonchev–Trinajstić information content (AvgIpc) is 2.62. The molecule has 2 aromatic rings. The summed E-state index contributed by atoms with van der Waals surface area (Å²) >= 11 is 0. The van der Waals surface area contributed by atoms with Crippen molar-refractivity contribution in [1.82, 2.24) is 4.90 Å². The van der Waals surface area contributed by atoms with Gasteiger partial charge in [0.05, 0.1) is 12.6 Å². The lowest BCUT2D eigenvalue weighted by Crippen LogP contribution is -2.40. The summed E-state index contributed by atoms with van der Waals surface area (Å²) in [7, 11) is 1.79. The Morgan fingerprint density at radius 2 is 1.81 bits per heavy atom. The van der Waals surface area contributed by atoms with Gasteiger partial charge in [-0.25, -0.2) is 13.2 Å². The topological polar surface area (TPSA) is 41.6 Å². The van der Waals surface area contributed by atoms with Gasteiger partial charge in [0.15, 0.2) is 11.6 Å². The molecule has 0 heterocycles. The molecule has 7 heteroatoms. The van der Waals surface area contributed by atoms with Crippen LogP contribution in [0.3, 0.4) is 0 Å². The third-order valence-corrected chi connectivity index (χ3v) is 3.97. The Labute approximate surface area is 150 Å². The molecule has 0 radical (unpaired) electrons. The zero-order chi connectivity index (χ0) is 19.1. The summed E-state index contributed by atoms with van der Waals surface area (Å²) < 4.78 is 44.4. The molecule has 2 aromatic carbocycles. The van der Waals surface area contributed by atoms with E-state index in [0.29, 0.717) is 25.3 Å². The van der Waals surface area contributed by atoms with Crippen LogP contribution in [0.1, 0.15) is 13.3 Å². The lowest BCUT2D eigenvalue weighted by atomic mass is 10.2. The molecule has 1 amide bonds. The van der Waals surface area contributed by atoms with Crippen molar-refractivity contribution in [2.45, 2.75) is 19.4 Å². The molecule has 1 unspecified atom stereocenters. The second kappa shape index (κ2) is 9.24. The molecule has 0 aromatic heterocycles. The summed E-state index contributed by atoms with van der Waals surface area (Å²) in [6.07, 6.45) is 0.663. The number of hydrogen-bond donors (Lipinski definition) is 1. The Hall–Kier alpha value is -2.54. The van der Waals surface area contributed by atoms with Gasteiger partial charge in [-0.3, -0.25) is 9.69 Å². The molecule has 1 N–H and O–H groups in total. The highest BCUT2D eigenvalue weighted by atomic mass is 19.2. The number of benzene rings is 2. The van der Waals surface area contributed by atoms with Gasteiger partial charge in [-0.2, -0.15) is 0 Å². The van der Waals surface area contributed by atoms with Crippen molar-refractivity contribution in [3.05, 3.63) is 59.9 Å². The molecule has 0 aliphatic rings. The number of carbonyl (C=O) groups excluding carboxylic acids is 1. The second-order valence-electron chi connectivity index (χ2n) is 5.93. The number of hydrogen-bond acceptors (Lipinski definition) is 3. The van der Waals surface area contributed by atoms with Gasteiger partial charge in [-0.1, -0.05) is 0 Å². The highest BCUT2D eigenvalue weighted by molar-refractivity contribution is 5.94. The molecule has 0 fully saturated rings. The standard InChI is InChI=1S/C19H21F3N2O2/c1-13(19(25)23-15-6-9-17(21)18(22)12-15)24(2)10-3-11-26-16-7-4-14(20)5-8-16/h4-9,12-13H,3,10-11H2,1-2H3,(H,23,25). The third-order valence-electron chi connectivity index (χ3n) is 3.97. The predicted octanol–water partition coefficient (Wildman–Crippen LogP) is 3.83. The maximum atomic E-state index is 13.2. The van der Waals surface area contributed by atoms with Crippen LogP contribution in [0.25, 0.3) is 0 Å². The fourth-order valence-electron chi connectivity index (χ4n) is 2.25. The lowest BCUT2D eigenvalue weighted by molar-refractivity contribution is -0.120. The highest BCUT2D eigenvalue weighted by Gasteiger charge is 2.18. The number of nitrogens with one attached hydrogen (secondary N) is 1. The van der Waals surface area contributed by atoms with Crippen LogP contribution in [0.4, 0.5) is 18.9 Å². The van der Waals surface area contributed by atoms with E-state index in [2.05, 4.69) is 5.32 Å². The number of likely N-dealkylation sites (N-methyl/N-ethyl adjacent to an activating group) is 1. The summed E-state index contributed by atoms with van der Waals surface area (Å²) in [5.74, 6) is -2.04. The van der Waals surface area contributed by atoms with Crippen LogP contribution >= 0.6 is 0 Å². The number of halogens is 3. The van der Waals surface area contributed by atoms with Gasteiger partial charge in [0.1, 0.15) is 11.6 Å². The molecule has 0 aliphatic heterocycles. The number of amides is 1. The molecule has 2 rings (SSSR count). The first-order valence-corrected chi connectivity index (χ1v) is 8.21. The van der Waals surface area contributed by atoms with E-state index in [1.165, 1.54) is 18.2 Å². The molecule has 26 heavy (non-hydrogen) atoms. The van der Waals surface area contributed by atoms with Crippen LogP contribution in [-0.4, -0.2) is 37.0 Å². The Balaban J connectivity index is 1.75. The predicted molar refractivity (Wildman–Crippen MR) is 93.6 cm³/mol. The maximum Gasteiger partial charge on any atom is 0.241 e. The Bertz CT molecular complexity index is 738. The van der Waals surface area contributed by atoms with Gasteiger partial charge in [-0.15, -0.1) is 0 Å². The average molecular weight is 366 g/mol. The molecular formula is C19H21F3N2O2. The molecule has 0 spiro atoms. The summed E-state index contributed by atoms with van der Waals surface area (Å²) in [6, 6.07) is 8.50. The van der Waals surface area contributed by atoms with E-state index >= 15 is 0 Å². The molecule has 0 saturated carbocycles. The molecule has 0 saturated heterocycles. The van der Waals surface area contributed by atoms with E-state index in [1.807, 2.05) is 4.90 Å². The number of carbonyl (C=O) groups is 1. The lowest BCUT2D eigenvalue weighted by Gasteiger charge is -2.23. The number of ether oxygens (including phenoxy) is 1. The minimum atomic E-state index is -1.01. The van der Waals surface area contributed by atoms with Crippen LogP contribution in [-0.2, 0) is 4.79 Å². The Kier molecular flexibility index (Phi) is 7.03. The van der Waals surface area contributed by atoms with Gasteiger partial charge in [0, 0.05) is 18.3 Å². The first-order valence-electron chi connectivity index (χ1n) is 8.21. The van der Waals surface area contributed by atoms with Crippen LogP contribution in [0, 0.1) is 17.5 Å². The second-order valence-corrected chi connectivity index (χ2v) is 5.93. The van der Waals surface area contributed by atoms with E-state index in [1.54, 1.807) is 26.1 Å². The first-order chi connectivity index (χ1) is 12.4. The highest BCUT2D eigenvalue weighted by Crippen LogP contribution is 2.14. The molecule has 4 nitrogen and oxygen atoms in total. The SMILES string of the molecule is CC(C(=O)Nc1ccc(F)c(F)c1)N(C)CCCOc1ccc(F)cc1. The molecule has 1 atom stereocenters. The monoisotopic (exact) mass is 366 g/mol. The zero-order valence-corrected chi connectivity index (χ0v) is 14.6. The summed E-state index contributed by atoms with van der Waals surface area (Å²) in [4.78, 5) is 14.0. The number of rotatable bonds is 8. The Morgan fingerprint density at radius 1 is 1.12 bits per heavy atom. The third kappa shape index (κ3) is 5.77. The van der Waals surface area contributed by atoms with Crippen LogP contribution < -0.4 is 10.1 Å². The smallest absolute Gasteiger partial charge is 0.241 e. The number of anilines is 1. The zero-order valence-electron chi connectivity index (χ0n) is 14.6. The van der Waals surface area contributed by atoms with Crippen molar-refractivity contribution in [2.75, 3.05) is 25.5 Å². The van der Waals surface area contributed by atoms with Gasteiger partial charge in [0.2, 0.25) is 5.91 Å². The van der Waals surface area contributed by atoms with Crippen molar-refractivity contribution in [2.24, 2.45) is 0 Å². The molecule has 0 bridgehead atoms. The van der Waals surface area contributed by atoms with Gasteiger partial charge >= 0.3 is 0 Å². The van der Waals surface area contributed by atoms with Crippen molar-refractivity contribution >= 4 is 11.6 Å². The largest absolute Gasteiger partial charge is 0.494 e. The van der Waals surface area contributed by atoms with E-state index in [-0.39, 0.29) is 17.4 Å². The molecule has 140 valence electrons. The van der Waals surface area contributed by atoms with Crippen LogP contribution in [0.5, 0.6) is 5.75 Å². The summed E-state index contributed by atoms with van der Waals surface area (Å²) in [5.41, 5.74) is 0.203. The fraction of sp³-hybridized carbons (Fsp3) is 0.316. The first kappa shape index (κ1) is 19.8. The number of nitrogens with zero attached hydrogens (tertiary/aromatic N) is 1. The minimum absolute atomic E-state index is 0.203. The summed E-state index contributed by atoms with van der Waals surface area (Å²) in [6.45, 7) is 2.73. The van der Waals surface area contributed by atoms with Crippen LogP contribution in [0.15, 0.2) is 42.5 Å². The van der Waals surface area contributed by atoms with E-state index in [4.69, 9.17) is 4.74 Å². The van der Waals surface area contributed by atoms with E-state index in [0.717, 1.165) is 12.1 Å². The van der Waals surface area contributed by atoms with E-state index in [9.17, 15) is 18.0 Å². The Morgan fingerprint density at radius 3 is 2.46 bits per heavy atom. The quantitative estimate of drug-likeness (QED) is 0.722. The minimum Gasteiger partial charge on any atom is -0.494 e. The van der Waals surface area contributed by atoms with Crippen molar-refractivity contribution in [3.8, 4) is 5.75 Å². The maximum absolute atomic E-state index is 13.2.